The maximum atomic E-state index is 12.1. The van der Waals surface area contributed by atoms with Crippen LogP contribution in [0.3, 0.4) is 0 Å². The van der Waals surface area contributed by atoms with Crippen LogP contribution in [0.1, 0.15) is 41.3 Å². The van der Waals surface area contributed by atoms with Crippen LogP contribution in [-0.4, -0.2) is 17.2 Å². The Labute approximate surface area is 142 Å². The lowest BCUT2D eigenvalue weighted by Gasteiger charge is -2.38. The molecule has 0 aromatic heterocycles. The van der Waals surface area contributed by atoms with Crippen molar-refractivity contribution in [2.24, 2.45) is 5.41 Å². The molecule has 0 amide bonds. The largest absolute Gasteiger partial charge is 0.457 e. The van der Waals surface area contributed by atoms with Crippen LogP contribution in [0.15, 0.2) is 54.6 Å². The second kappa shape index (κ2) is 6.90. The van der Waals surface area contributed by atoms with Crippen molar-refractivity contribution < 1.29 is 14.6 Å². The highest BCUT2D eigenvalue weighted by atomic mass is 16.5. The molecule has 122 valence electrons. The minimum Gasteiger partial charge on any atom is -0.457 e. The normalized spacial score (nSPS) is 22.0. The van der Waals surface area contributed by atoms with Gasteiger partial charge in [0.25, 0.3) is 0 Å². The Balaban J connectivity index is 1.58. The molecule has 0 radical (unpaired) electrons. The van der Waals surface area contributed by atoms with E-state index in [9.17, 15) is 9.90 Å². The molecule has 0 bridgehead atoms. The Hall–Kier alpha value is -2.57. The summed E-state index contributed by atoms with van der Waals surface area (Å²) in [6, 6.07) is 16.7. The Kier molecular flexibility index (Phi) is 4.69. The van der Waals surface area contributed by atoms with E-state index in [1.54, 1.807) is 12.1 Å². The maximum Gasteiger partial charge on any atom is 0.338 e. The van der Waals surface area contributed by atoms with Gasteiger partial charge in [0.05, 0.1) is 11.7 Å². The number of rotatable bonds is 3. The lowest BCUT2D eigenvalue weighted by atomic mass is 9.69. The standard InChI is InChI=1S/C21H20O3/c1-21(13-19(22)14-21)12-11-16-7-9-18(10-8-16)20(23)24-15-17-5-3-2-4-6-17/h2-10,19,22H,13-15H2,1H3. The number of benzene rings is 2. The molecule has 3 heteroatoms. The molecule has 1 aliphatic carbocycles. The molecule has 1 saturated carbocycles. The van der Waals surface area contributed by atoms with E-state index in [1.165, 1.54) is 0 Å². The van der Waals surface area contributed by atoms with Crippen molar-refractivity contribution in [2.45, 2.75) is 32.5 Å². The lowest BCUT2D eigenvalue weighted by Crippen LogP contribution is -2.37. The zero-order valence-electron chi connectivity index (χ0n) is 13.7. The van der Waals surface area contributed by atoms with Crippen molar-refractivity contribution in [3.63, 3.8) is 0 Å². The van der Waals surface area contributed by atoms with Crippen molar-refractivity contribution >= 4 is 5.97 Å². The fraction of sp³-hybridized carbons (Fsp3) is 0.286. The third-order valence-electron chi connectivity index (χ3n) is 4.21. The molecule has 3 nitrogen and oxygen atoms in total. The van der Waals surface area contributed by atoms with E-state index in [2.05, 4.69) is 18.8 Å². The van der Waals surface area contributed by atoms with Crippen molar-refractivity contribution in [1.82, 2.24) is 0 Å². The Morgan fingerprint density at radius 3 is 2.46 bits per heavy atom. The second-order valence-electron chi connectivity index (χ2n) is 6.51. The summed E-state index contributed by atoms with van der Waals surface area (Å²) in [6.45, 7) is 2.32. The third kappa shape index (κ3) is 4.04. The summed E-state index contributed by atoms with van der Waals surface area (Å²) in [5, 5.41) is 9.39. The maximum absolute atomic E-state index is 12.1. The number of hydrogen-bond acceptors (Lipinski definition) is 3. The molecular weight excluding hydrogens is 300 g/mol. The van der Waals surface area contributed by atoms with Crippen LogP contribution in [0, 0.1) is 17.3 Å². The van der Waals surface area contributed by atoms with Gasteiger partial charge in [-0.05, 0) is 49.6 Å². The highest BCUT2D eigenvalue weighted by molar-refractivity contribution is 5.89. The van der Waals surface area contributed by atoms with Crippen LogP contribution < -0.4 is 0 Å². The Morgan fingerprint density at radius 2 is 1.83 bits per heavy atom. The lowest BCUT2D eigenvalue weighted by molar-refractivity contribution is 0.0150. The minimum absolute atomic E-state index is 0.0906. The number of carbonyl (C=O) groups excluding carboxylic acids is 1. The summed E-state index contributed by atoms with van der Waals surface area (Å²) < 4.78 is 5.30. The Morgan fingerprint density at radius 1 is 1.17 bits per heavy atom. The number of aliphatic hydroxyl groups excluding tert-OH is 1. The monoisotopic (exact) mass is 320 g/mol. The van der Waals surface area contributed by atoms with Gasteiger partial charge in [-0.2, -0.15) is 0 Å². The molecule has 0 spiro atoms. The molecule has 0 heterocycles. The highest BCUT2D eigenvalue weighted by Gasteiger charge is 2.37. The molecule has 0 unspecified atom stereocenters. The molecule has 0 atom stereocenters. The minimum atomic E-state index is -0.340. The van der Waals surface area contributed by atoms with Crippen molar-refractivity contribution in [2.75, 3.05) is 0 Å². The van der Waals surface area contributed by atoms with E-state index >= 15 is 0 Å². The van der Waals surface area contributed by atoms with Crippen LogP contribution in [0.5, 0.6) is 0 Å². The molecular formula is C21H20O3. The van der Waals surface area contributed by atoms with E-state index < -0.39 is 0 Å². The van der Waals surface area contributed by atoms with Gasteiger partial charge in [0.2, 0.25) is 0 Å². The van der Waals surface area contributed by atoms with Gasteiger partial charge in [-0.15, -0.1) is 0 Å². The Bertz CT molecular complexity index is 760. The van der Waals surface area contributed by atoms with E-state index in [4.69, 9.17) is 4.74 Å². The molecule has 1 N–H and O–H groups in total. The summed E-state index contributed by atoms with van der Waals surface area (Å²) in [5.74, 6) is 5.99. The third-order valence-corrected chi connectivity index (χ3v) is 4.21. The molecule has 24 heavy (non-hydrogen) atoms. The van der Waals surface area contributed by atoms with Gasteiger partial charge in [0, 0.05) is 11.0 Å². The topological polar surface area (TPSA) is 46.5 Å². The summed E-state index contributed by atoms with van der Waals surface area (Å²) in [7, 11) is 0. The molecule has 0 aliphatic heterocycles. The van der Waals surface area contributed by atoms with Crippen molar-refractivity contribution in [1.29, 1.82) is 0 Å². The second-order valence-corrected chi connectivity index (χ2v) is 6.51. The van der Waals surface area contributed by atoms with Crippen LogP contribution in [0.2, 0.25) is 0 Å². The zero-order chi connectivity index (χ0) is 17.0. The predicted molar refractivity (Wildman–Crippen MR) is 92.2 cm³/mol. The van der Waals surface area contributed by atoms with Gasteiger partial charge < -0.3 is 9.84 Å². The van der Waals surface area contributed by atoms with Crippen LogP contribution in [0.25, 0.3) is 0 Å². The van der Waals surface area contributed by atoms with Gasteiger partial charge in [-0.25, -0.2) is 4.79 Å². The van der Waals surface area contributed by atoms with Gasteiger partial charge in [0.1, 0.15) is 6.61 Å². The van der Waals surface area contributed by atoms with E-state index in [0.29, 0.717) is 5.56 Å². The van der Waals surface area contributed by atoms with Crippen molar-refractivity contribution in [3.8, 4) is 11.8 Å². The van der Waals surface area contributed by atoms with Gasteiger partial charge in [-0.3, -0.25) is 0 Å². The molecule has 3 rings (SSSR count). The van der Waals surface area contributed by atoms with Crippen LogP contribution in [0.4, 0.5) is 0 Å². The van der Waals surface area contributed by atoms with Crippen molar-refractivity contribution in [3.05, 3.63) is 71.3 Å². The highest BCUT2D eigenvalue weighted by Crippen LogP contribution is 2.39. The zero-order valence-corrected chi connectivity index (χ0v) is 13.7. The van der Waals surface area contributed by atoms with Gasteiger partial charge in [-0.1, -0.05) is 42.2 Å². The summed E-state index contributed by atoms with van der Waals surface area (Å²) in [4.78, 5) is 12.1. The fourth-order valence-electron chi connectivity index (χ4n) is 2.80. The smallest absolute Gasteiger partial charge is 0.338 e. The summed E-state index contributed by atoms with van der Waals surface area (Å²) in [5.41, 5.74) is 2.25. The fourth-order valence-corrected chi connectivity index (χ4v) is 2.80. The number of aliphatic hydroxyl groups is 1. The summed E-state index contributed by atoms with van der Waals surface area (Å²) >= 11 is 0. The first kappa shape index (κ1) is 16.3. The first-order valence-corrected chi connectivity index (χ1v) is 8.06. The quantitative estimate of drug-likeness (QED) is 0.695. The van der Waals surface area contributed by atoms with Gasteiger partial charge >= 0.3 is 5.97 Å². The molecule has 0 saturated heterocycles. The summed E-state index contributed by atoms with van der Waals surface area (Å²) in [6.07, 6.45) is 1.24. The first-order valence-electron chi connectivity index (χ1n) is 8.06. The van der Waals surface area contributed by atoms with E-state index in [0.717, 1.165) is 24.0 Å². The molecule has 1 aliphatic rings. The first-order chi connectivity index (χ1) is 11.5. The number of carbonyl (C=O) groups is 1. The van der Waals surface area contributed by atoms with Crippen LogP contribution in [-0.2, 0) is 11.3 Å². The SMILES string of the molecule is CC1(C#Cc2ccc(C(=O)OCc3ccccc3)cc2)CC(O)C1. The molecule has 2 aromatic carbocycles. The molecule has 2 aromatic rings. The van der Waals surface area contributed by atoms with E-state index in [-0.39, 0.29) is 24.1 Å². The molecule has 1 fully saturated rings. The average Bonchev–Trinajstić information content (AvgIpc) is 2.58. The van der Waals surface area contributed by atoms with Crippen LogP contribution >= 0.6 is 0 Å². The number of ether oxygens (including phenoxy) is 1. The predicted octanol–water partition coefficient (Wildman–Crippen LogP) is 3.56. The van der Waals surface area contributed by atoms with Gasteiger partial charge in [0.15, 0.2) is 0 Å². The van der Waals surface area contributed by atoms with E-state index in [1.807, 2.05) is 42.5 Å². The average molecular weight is 320 g/mol. The number of esters is 1. The number of hydrogen-bond donors (Lipinski definition) is 1.